The molecule has 0 spiro atoms. The SMILES string of the molecule is CNCC1(OC=O)CCNCC1. The van der Waals surface area contributed by atoms with Crippen LogP contribution in [0.5, 0.6) is 0 Å². The van der Waals surface area contributed by atoms with Gasteiger partial charge in [-0.1, -0.05) is 0 Å². The third-order valence-electron chi connectivity index (χ3n) is 2.31. The van der Waals surface area contributed by atoms with E-state index in [4.69, 9.17) is 4.74 Å². The summed E-state index contributed by atoms with van der Waals surface area (Å²) in [5.74, 6) is 0. The quantitative estimate of drug-likeness (QED) is 0.561. The molecule has 70 valence electrons. The lowest BCUT2D eigenvalue weighted by Crippen LogP contribution is -2.49. The van der Waals surface area contributed by atoms with E-state index in [1.54, 1.807) is 0 Å². The molecule has 1 aliphatic rings. The number of piperidine rings is 1. The Kier molecular flexibility index (Phi) is 3.49. The second kappa shape index (κ2) is 4.42. The van der Waals surface area contributed by atoms with E-state index in [0.29, 0.717) is 6.47 Å². The molecule has 0 radical (unpaired) electrons. The van der Waals surface area contributed by atoms with Gasteiger partial charge in [0.25, 0.3) is 6.47 Å². The van der Waals surface area contributed by atoms with Crippen LogP contribution in [0.1, 0.15) is 12.8 Å². The zero-order valence-electron chi connectivity index (χ0n) is 7.43. The zero-order chi connectivity index (χ0) is 8.86. The molecular weight excluding hydrogens is 156 g/mol. The molecule has 1 saturated heterocycles. The van der Waals surface area contributed by atoms with E-state index < -0.39 is 0 Å². The maximum Gasteiger partial charge on any atom is 0.293 e. The van der Waals surface area contributed by atoms with Gasteiger partial charge in [-0.25, -0.2) is 0 Å². The summed E-state index contributed by atoms with van der Waals surface area (Å²) in [7, 11) is 1.87. The fourth-order valence-electron chi connectivity index (χ4n) is 1.64. The third-order valence-corrected chi connectivity index (χ3v) is 2.31. The van der Waals surface area contributed by atoms with Crippen molar-refractivity contribution in [2.75, 3.05) is 26.7 Å². The van der Waals surface area contributed by atoms with Crippen LogP contribution in [0.25, 0.3) is 0 Å². The molecule has 0 saturated carbocycles. The first-order chi connectivity index (χ1) is 5.83. The molecule has 0 unspecified atom stereocenters. The van der Waals surface area contributed by atoms with Gasteiger partial charge in [-0.3, -0.25) is 4.79 Å². The highest BCUT2D eigenvalue weighted by Gasteiger charge is 2.32. The molecule has 0 bridgehead atoms. The summed E-state index contributed by atoms with van der Waals surface area (Å²) in [5, 5.41) is 6.28. The van der Waals surface area contributed by atoms with Crippen LogP contribution in [0.2, 0.25) is 0 Å². The third kappa shape index (κ3) is 2.19. The molecule has 1 heterocycles. The predicted octanol–water partition coefficient (Wildman–Crippen LogP) is -0.499. The Labute approximate surface area is 72.7 Å². The zero-order valence-corrected chi connectivity index (χ0v) is 7.43. The van der Waals surface area contributed by atoms with Crippen LogP contribution < -0.4 is 10.6 Å². The molecule has 1 rings (SSSR count). The van der Waals surface area contributed by atoms with Crippen LogP contribution in [0, 0.1) is 0 Å². The highest BCUT2D eigenvalue weighted by molar-refractivity contribution is 5.38. The summed E-state index contributed by atoms with van der Waals surface area (Å²) in [6.07, 6.45) is 1.79. The van der Waals surface area contributed by atoms with Gasteiger partial charge >= 0.3 is 0 Å². The maximum absolute atomic E-state index is 10.3. The van der Waals surface area contributed by atoms with E-state index in [0.717, 1.165) is 32.5 Å². The van der Waals surface area contributed by atoms with E-state index >= 15 is 0 Å². The summed E-state index contributed by atoms with van der Waals surface area (Å²) in [6.45, 7) is 3.15. The minimum Gasteiger partial charge on any atom is -0.460 e. The Bertz CT molecular complexity index is 138. The van der Waals surface area contributed by atoms with E-state index in [1.165, 1.54) is 0 Å². The van der Waals surface area contributed by atoms with Gasteiger partial charge in [-0.2, -0.15) is 0 Å². The van der Waals surface area contributed by atoms with Crippen molar-refractivity contribution in [2.45, 2.75) is 18.4 Å². The lowest BCUT2D eigenvalue weighted by Gasteiger charge is -2.35. The monoisotopic (exact) mass is 172 g/mol. The normalized spacial score (nSPS) is 21.8. The second-order valence-electron chi connectivity index (χ2n) is 3.18. The molecule has 0 aliphatic carbocycles. The highest BCUT2D eigenvalue weighted by atomic mass is 16.5. The number of hydrogen-bond acceptors (Lipinski definition) is 4. The first-order valence-corrected chi connectivity index (χ1v) is 4.30. The van der Waals surface area contributed by atoms with Gasteiger partial charge in [0.15, 0.2) is 0 Å². The molecule has 1 aliphatic heterocycles. The fourth-order valence-corrected chi connectivity index (χ4v) is 1.64. The Morgan fingerprint density at radius 3 is 2.75 bits per heavy atom. The second-order valence-corrected chi connectivity index (χ2v) is 3.18. The van der Waals surface area contributed by atoms with Crippen LogP contribution in [-0.4, -0.2) is 38.8 Å². The lowest BCUT2D eigenvalue weighted by molar-refractivity contribution is -0.145. The molecule has 0 aromatic rings. The standard InChI is InChI=1S/C8H16N2O2/c1-9-6-8(12-7-11)2-4-10-5-3-8/h7,9-10H,2-6H2,1H3. The van der Waals surface area contributed by atoms with Crippen molar-refractivity contribution in [2.24, 2.45) is 0 Å². The van der Waals surface area contributed by atoms with Gasteiger partial charge in [-0.05, 0) is 20.1 Å². The van der Waals surface area contributed by atoms with Crippen molar-refractivity contribution >= 4 is 6.47 Å². The van der Waals surface area contributed by atoms with Crippen molar-refractivity contribution in [3.8, 4) is 0 Å². The molecule has 0 aromatic carbocycles. The summed E-state index contributed by atoms with van der Waals surface area (Å²) in [6, 6.07) is 0. The summed E-state index contributed by atoms with van der Waals surface area (Å²) in [4.78, 5) is 10.3. The van der Waals surface area contributed by atoms with Crippen molar-refractivity contribution in [1.29, 1.82) is 0 Å². The van der Waals surface area contributed by atoms with Crippen molar-refractivity contribution in [3.63, 3.8) is 0 Å². The number of carbonyl (C=O) groups excluding carboxylic acids is 1. The number of rotatable bonds is 4. The Morgan fingerprint density at radius 1 is 1.58 bits per heavy atom. The Hall–Kier alpha value is -0.610. The van der Waals surface area contributed by atoms with Gasteiger partial charge in [0.1, 0.15) is 5.60 Å². The highest BCUT2D eigenvalue weighted by Crippen LogP contribution is 2.21. The smallest absolute Gasteiger partial charge is 0.293 e. The van der Waals surface area contributed by atoms with Gasteiger partial charge < -0.3 is 15.4 Å². The van der Waals surface area contributed by atoms with Crippen LogP contribution in [-0.2, 0) is 9.53 Å². The average molecular weight is 172 g/mol. The van der Waals surface area contributed by atoms with Gasteiger partial charge in [-0.15, -0.1) is 0 Å². The van der Waals surface area contributed by atoms with Gasteiger partial charge in [0.2, 0.25) is 0 Å². The number of carbonyl (C=O) groups is 1. The molecule has 0 atom stereocenters. The van der Waals surface area contributed by atoms with Crippen molar-refractivity contribution < 1.29 is 9.53 Å². The molecular formula is C8H16N2O2. The number of nitrogens with one attached hydrogen (secondary N) is 2. The van der Waals surface area contributed by atoms with E-state index in [9.17, 15) is 4.79 Å². The minimum atomic E-state index is -0.262. The predicted molar refractivity (Wildman–Crippen MR) is 45.9 cm³/mol. The van der Waals surface area contributed by atoms with Crippen LogP contribution in [0.4, 0.5) is 0 Å². The van der Waals surface area contributed by atoms with Crippen molar-refractivity contribution in [3.05, 3.63) is 0 Å². The lowest BCUT2D eigenvalue weighted by atomic mass is 9.92. The molecule has 0 aromatic heterocycles. The van der Waals surface area contributed by atoms with Crippen molar-refractivity contribution in [1.82, 2.24) is 10.6 Å². The minimum absolute atomic E-state index is 0.262. The Balaban J connectivity index is 2.49. The van der Waals surface area contributed by atoms with Crippen LogP contribution >= 0.6 is 0 Å². The molecule has 4 heteroatoms. The summed E-state index contributed by atoms with van der Waals surface area (Å²) >= 11 is 0. The van der Waals surface area contributed by atoms with Gasteiger partial charge in [0.05, 0.1) is 0 Å². The van der Waals surface area contributed by atoms with E-state index in [1.807, 2.05) is 7.05 Å². The van der Waals surface area contributed by atoms with E-state index in [2.05, 4.69) is 10.6 Å². The number of ether oxygens (including phenoxy) is 1. The van der Waals surface area contributed by atoms with Gasteiger partial charge in [0, 0.05) is 19.4 Å². The number of likely N-dealkylation sites (N-methyl/N-ethyl adjacent to an activating group) is 1. The fraction of sp³-hybridized carbons (Fsp3) is 0.875. The Morgan fingerprint density at radius 2 is 2.25 bits per heavy atom. The largest absolute Gasteiger partial charge is 0.460 e. The first kappa shape index (κ1) is 9.48. The molecule has 0 amide bonds. The summed E-state index contributed by atoms with van der Waals surface area (Å²) in [5.41, 5.74) is -0.262. The molecule has 12 heavy (non-hydrogen) atoms. The first-order valence-electron chi connectivity index (χ1n) is 4.30. The van der Waals surface area contributed by atoms with Crippen LogP contribution in [0.3, 0.4) is 0 Å². The van der Waals surface area contributed by atoms with E-state index in [-0.39, 0.29) is 5.60 Å². The molecule has 1 fully saturated rings. The molecule has 2 N–H and O–H groups in total. The maximum atomic E-state index is 10.3. The number of hydrogen-bond donors (Lipinski definition) is 2. The average Bonchev–Trinajstić information content (AvgIpc) is 2.07. The topological polar surface area (TPSA) is 50.4 Å². The molecule has 4 nitrogen and oxygen atoms in total. The summed E-state index contributed by atoms with van der Waals surface area (Å²) < 4.78 is 5.13. The van der Waals surface area contributed by atoms with Crippen LogP contribution in [0.15, 0.2) is 0 Å².